The topological polar surface area (TPSA) is 70.6 Å². The Bertz CT molecular complexity index is 802. The molecule has 140 valence electrons. The summed E-state index contributed by atoms with van der Waals surface area (Å²) in [5.74, 6) is 1.57. The summed E-state index contributed by atoms with van der Waals surface area (Å²) in [5, 5.41) is 3.14. The van der Waals surface area contributed by atoms with Gasteiger partial charge >= 0.3 is 6.09 Å². The Kier molecular flexibility index (Phi) is 4.89. The van der Waals surface area contributed by atoms with Gasteiger partial charge in [0.15, 0.2) is 11.6 Å². The Morgan fingerprint density at radius 1 is 1.19 bits per heavy atom. The van der Waals surface area contributed by atoms with Crippen molar-refractivity contribution in [3.8, 4) is 0 Å². The molecular weight excluding hydrogens is 330 g/mol. The molecule has 1 aromatic heterocycles. The molecule has 2 aromatic rings. The van der Waals surface area contributed by atoms with Crippen molar-refractivity contribution in [2.75, 3.05) is 36.9 Å². The lowest BCUT2D eigenvalue weighted by Crippen LogP contribution is -2.55. The molecule has 0 saturated carbocycles. The largest absolute Gasteiger partial charge is 0.444 e. The maximum atomic E-state index is 12.4. The second kappa shape index (κ2) is 6.97. The number of nitrogens with one attached hydrogen (secondary N) is 1. The molecule has 1 atom stereocenters. The zero-order valence-corrected chi connectivity index (χ0v) is 16.1. The summed E-state index contributed by atoms with van der Waals surface area (Å²) >= 11 is 0. The van der Waals surface area contributed by atoms with Gasteiger partial charge in [0.1, 0.15) is 5.60 Å². The Morgan fingerprint density at radius 3 is 2.42 bits per heavy atom. The number of carbonyl (C=O) groups excluding carboxylic acids is 1. The monoisotopic (exact) mass is 357 g/mol. The first kappa shape index (κ1) is 18.2. The summed E-state index contributed by atoms with van der Waals surface area (Å²) in [6.45, 7) is 9.64. The molecule has 0 unspecified atom stereocenters. The van der Waals surface area contributed by atoms with Gasteiger partial charge in [0.05, 0.1) is 11.0 Å². The fourth-order valence-corrected chi connectivity index (χ4v) is 3.12. The number of rotatable bonds is 2. The third kappa shape index (κ3) is 3.81. The van der Waals surface area contributed by atoms with E-state index in [0.717, 1.165) is 22.7 Å². The van der Waals surface area contributed by atoms with Crippen LogP contribution in [0.25, 0.3) is 11.0 Å². The van der Waals surface area contributed by atoms with Crippen molar-refractivity contribution in [1.29, 1.82) is 0 Å². The first-order chi connectivity index (χ1) is 12.3. The van der Waals surface area contributed by atoms with Gasteiger partial charge in [-0.2, -0.15) is 0 Å². The Morgan fingerprint density at radius 2 is 1.85 bits per heavy atom. The molecular formula is C19H27N5O2. The minimum absolute atomic E-state index is 0.0246. The maximum Gasteiger partial charge on any atom is 0.410 e. The highest BCUT2D eigenvalue weighted by Crippen LogP contribution is 2.27. The number of anilines is 2. The van der Waals surface area contributed by atoms with E-state index in [-0.39, 0.29) is 12.1 Å². The van der Waals surface area contributed by atoms with Gasteiger partial charge in [-0.25, -0.2) is 14.8 Å². The standard InChI is InChI=1S/C19H27N5O2/c1-13-12-23(10-11-24(13)18(25)26-19(2,3)4)17-16(20-5)21-14-8-6-7-9-15(14)22-17/h6-9,13H,10-12H2,1-5H3,(H,20,21)/t13-/m0/s1. The molecule has 26 heavy (non-hydrogen) atoms. The molecule has 1 saturated heterocycles. The van der Waals surface area contributed by atoms with Gasteiger partial charge in [-0.15, -0.1) is 0 Å². The minimum Gasteiger partial charge on any atom is -0.444 e. The smallest absolute Gasteiger partial charge is 0.410 e. The molecule has 0 bridgehead atoms. The van der Waals surface area contributed by atoms with E-state index in [1.54, 1.807) is 4.90 Å². The maximum absolute atomic E-state index is 12.4. The molecule has 7 heteroatoms. The van der Waals surface area contributed by atoms with Crippen LogP contribution in [0.3, 0.4) is 0 Å². The second-order valence-corrected chi connectivity index (χ2v) is 7.60. The molecule has 2 heterocycles. The van der Waals surface area contributed by atoms with Crippen molar-refractivity contribution in [3.63, 3.8) is 0 Å². The number of hydrogen-bond donors (Lipinski definition) is 1. The minimum atomic E-state index is -0.489. The summed E-state index contributed by atoms with van der Waals surface area (Å²) in [4.78, 5) is 25.9. The van der Waals surface area contributed by atoms with Gasteiger partial charge in [0.25, 0.3) is 0 Å². The summed E-state index contributed by atoms with van der Waals surface area (Å²) in [6.07, 6.45) is -0.261. The van der Waals surface area contributed by atoms with Crippen LogP contribution in [-0.4, -0.2) is 59.3 Å². The molecule has 7 nitrogen and oxygen atoms in total. The molecule has 0 spiro atoms. The Balaban J connectivity index is 1.80. The molecule has 1 amide bonds. The van der Waals surface area contributed by atoms with E-state index in [0.29, 0.717) is 19.6 Å². The van der Waals surface area contributed by atoms with Crippen LogP contribution in [0, 0.1) is 0 Å². The summed E-state index contributed by atoms with van der Waals surface area (Å²) in [7, 11) is 1.85. The number of piperazine rings is 1. The zero-order valence-electron chi connectivity index (χ0n) is 16.1. The van der Waals surface area contributed by atoms with Gasteiger partial charge in [-0.1, -0.05) is 12.1 Å². The van der Waals surface area contributed by atoms with Crippen molar-refractivity contribution in [2.24, 2.45) is 0 Å². The highest BCUT2D eigenvalue weighted by atomic mass is 16.6. The third-order valence-corrected chi connectivity index (χ3v) is 4.34. The molecule has 1 aromatic carbocycles. The van der Waals surface area contributed by atoms with Crippen LogP contribution in [-0.2, 0) is 4.74 Å². The molecule has 0 radical (unpaired) electrons. The Labute approximate surface area is 154 Å². The Hall–Kier alpha value is -2.57. The van der Waals surface area contributed by atoms with Gasteiger partial charge in [-0.05, 0) is 39.8 Å². The highest BCUT2D eigenvalue weighted by molar-refractivity contribution is 5.80. The lowest BCUT2D eigenvalue weighted by atomic mass is 10.2. The van der Waals surface area contributed by atoms with E-state index >= 15 is 0 Å². The quantitative estimate of drug-likeness (QED) is 0.890. The number of para-hydroxylation sites is 2. The number of ether oxygens (including phenoxy) is 1. The molecule has 1 fully saturated rings. The summed E-state index contributed by atoms with van der Waals surface area (Å²) in [6, 6.07) is 7.86. The number of hydrogen-bond acceptors (Lipinski definition) is 6. The molecule has 1 N–H and O–H groups in total. The first-order valence-corrected chi connectivity index (χ1v) is 8.97. The van der Waals surface area contributed by atoms with Gasteiger partial charge in [-0.3, -0.25) is 0 Å². The average molecular weight is 357 g/mol. The summed E-state index contributed by atoms with van der Waals surface area (Å²) in [5.41, 5.74) is 1.24. The van der Waals surface area contributed by atoms with E-state index in [1.807, 2.05) is 59.0 Å². The number of nitrogens with zero attached hydrogens (tertiary/aromatic N) is 4. The predicted molar refractivity (Wildman–Crippen MR) is 104 cm³/mol. The molecule has 3 rings (SSSR count). The van der Waals surface area contributed by atoms with E-state index in [2.05, 4.69) is 15.2 Å². The van der Waals surface area contributed by atoms with Gasteiger partial charge in [0, 0.05) is 32.7 Å². The van der Waals surface area contributed by atoms with Crippen molar-refractivity contribution in [3.05, 3.63) is 24.3 Å². The van der Waals surface area contributed by atoms with Crippen molar-refractivity contribution >= 4 is 28.8 Å². The highest BCUT2D eigenvalue weighted by Gasteiger charge is 2.32. The van der Waals surface area contributed by atoms with Gasteiger partial charge < -0.3 is 19.9 Å². The van der Waals surface area contributed by atoms with Crippen molar-refractivity contribution in [1.82, 2.24) is 14.9 Å². The number of amides is 1. The number of aromatic nitrogens is 2. The number of benzene rings is 1. The van der Waals surface area contributed by atoms with Crippen LogP contribution in [0.4, 0.5) is 16.4 Å². The molecule has 1 aliphatic rings. The van der Waals surface area contributed by atoms with Crippen LogP contribution < -0.4 is 10.2 Å². The van der Waals surface area contributed by atoms with Gasteiger partial charge in [0.2, 0.25) is 0 Å². The van der Waals surface area contributed by atoms with E-state index in [4.69, 9.17) is 9.72 Å². The number of carbonyl (C=O) groups is 1. The van der Waals surface area contributed by atoms with Crippen molar-refractivity contribution in [2.45, 2.75) is 39.3 Å². The predicted octanol–water partition coefficient (Wildman–Crippen LogP) is 3.12. The normalized spacial score (nSPS) is 18.1. The third-order valence-electron chi connectivity index (χ3n) is 4.34. The van der Waals surface area contributed by atoms with Crippen LogP contribution in [0.15, 0.2) is 24.3 Å². The van der Waals surface area contributed by atoms with Crippen LogP contribution in [0.5, 0.6) is 0 Å². The average Bonchev–Trinajstić information content (AvgIpc) is 2.58. The SMILES string of the molecule is CNc1nc2ccccc2nc1N1CCN(C(=O)OC(C)(C)C)[C@@H](C)C1. The van der Waals surface area contributed by atoms with E-state index < -0.39 is 5.60 Å². The van der Waals surface area contributed by atoms with E-state index in [9.17, 15) is 4.79 Å². The molecule has 0 aliphatic carbocycles. The van der Waals surface area contributed by atoms with E-state index in [1.165, 1.54) is 0 Å². The fourth-order valence-electron chi connectivity index (χ4n) is 3.12. The van der Waals surface area contributed by atoms with Crippen LogP contribution >= 0.6 is 0 Å². The zero-order chi connectivity index (χ0) is 18.9. The first-order valence-electron chi connectivity index (χ1n) is 8.97. The lowest BCUT2D eigenvalue weighted by molar-refractivity contribution is 0.0158. The van der Waals surface area contributed by atoms with Crippen molar-refractivity contribution < 1.29 is 9.53 Å². The summed E-state index contributed by atoms with van der Waals surface area (Å²) < 4.78 is 5.52. The second-order valence-electron chi connectivity index (χ2n) is 7.60. The van der Waals surface area contributed by atoms with Crippen LogP contribution in [0.1, 0.15) is 27.7 Å². The lowest BCUT2D eigenvalue weighted by Gasteiger charge is -2.41. The fraction of sp³-hybridized carbons (Fsp3) is 0.526. The number of fused-ring (bicyclic) bond motifs is 1. The molecule has 1 aliphatic heterocycles. The van der Waals surface area contributed by atoms with Crippen LogP contribution in [0.2, 0.25) is 0 Å².